The molecule has 7 nitrogen and oxygen atoms in total. The lowest BCUT2D eigenvalue weighted by atomic mass is 9.93. The molecule has 204 valence electrons. The summed E-state index contributed by atoms with van der Waals surface area (Å²) in [7, 11) is 5.54. The number of thiazole rings is 1. The second kappa shape index (κ2) is 11.4. The Morgan fingerprint density at radius 2 is 1.77 bits per heavy atom. The van der Waals surface area contributed by atoms with Crippen molar-refractivity contribution in [3.8, 4) is 11.5 Å². The summed E-state index contributed by atoms with van der Waals surface area (Å²) in [5, 5.41) is 0. The van der Waals surface area contributed by atoms with E-state index in [9.17, 15) is 9.59 Å². The number of carbonyl (C=O) groups excluding carboxylic acids is 1. The Hall–Kier alpha value is -4.43. The van der Waals surface area contributed by atoms with Crippen molar-refractivity contribution in [3.63, 3.8) is 0 Å². The van der Waals surface area contributed by atoms with Gasteiger partial charge < -0.3 is 14.4 Å². The first-order valence-corrected chi connectivity index (χ1v) is 13.7. The molecule has 0 saturated heterocycles. The minimum Gasteiger partial charge on any atom is -0.493 e. The summed E-state index contributed by atoms with van der Waals surface area (Å²) in [6.45, 7) is 3.77. The van der Waals surface area contributed by atoms with Gasteiger partial charge >= 0.3 is 0 Å². The highest BCUT2D eigenvalue weighted by Gasteiger charge is 2.30. The van der Waals surface area contributed by atoms with Crippen LogP contribution in [0.1, 0.15) is 36.6 Å². The number of benzene rings is 3. The third-order valence-corrected chi connectivity index (χ3v) is 7.83. The summed E-state index contributed by atoms with van der Waals surface area (Å²) < 4.78 is 13.7. The number of ether oxygens (including phenoxy) is 2. The third kappa shape index (κ3) is 5.35. The summed E-state index contributed by atoms with van der Waals surface area (Å²) in [5.74, 6) is 1.09. The first-order valence-electron chi connectivity index (χ1n) is 12.9. The fraction of sp³-hybridized carbons (Fsp3) is 0.219. The Morgan fingerprint density at radius 3 is 2.42 bits per heavy atom. The van der Waals surface area contributed by atoms with Crippen LogP contribution in [0.15, 0.2) is 93.9 Å². The maximum atomic E-state index is 13.8. The van der Waals surface area contributed by atoms with Crippen molar-refractivity contribution in [1.82, 2.24) is 4.57 Å². The smallest absolute Gasteiger partial charge is 0.271 e. The van der Waals surface area contributed by atoms with Crippen LogP contribution in [0.5, 0.6) is 11.5 Å². The van der Waals surface area contributed by atoms with Gasteiger partial charge in [-0.1, -0.05) is 59.9 Å². The highest BCUT2D eigenvalue weighted by molar-refractivity contribution is 7.07. The van der Waals surface area contributed by atoms with E-state index in [1.165, 1.54) is 18.3 Å². The molecule has 0 amide bonds. The Balaban J connectivity index is 1.54. The molecule has 0 unspecified atom stereocenters. The number of nitrogens with zero attached hydrogens (tertiary/aromatic N) is 3. The molecule has 1 atom stereocenters. The second-order valence-electron chi connectivity index (χ2n) is 9.81. The standard InChI is InChI=1S/C32H31N3O4S/c1-20-29(21(2)36)30(24-12-14-25(15-13-24)34(3)4)35-31(37)28(40-32(35)33-20)18-23-11-16-26(27(17-23)38-5)39-19-22-9-7-6-8-10-22/h6-18,30H,19H2,1-5H3/b28-18+/t30-/m0/s1. The molecule has 3 aromatic carbocycles. The average Bonchev–Trinajstić information content (AvgIpc) is 3.25. The summed E-state index contributed by atoms with van der Waals surface area (Å²) in [5.41, 5.74) is 4.71. The van der Waals surface area contributed by atoms with E-state index in [1.54, 1.807) is 11.7 Å². The van der Waals surface area contributed by atoms with Crippen molar-refractivity contribution in [2.45, 2.75) is 26.5 Å². The van der Waals surface area contributed by atoms with Gasteiger partial charge in [0.15, 0.2) is 22.1 Å². The minimum absolute atomic E-state index is 0.104. The molecule has 0 bridgehead atoms. The number of Topliss-reactive ketones (excluding diaryl/α,β-unsaturated/α-hetero) is 1. The molecule has 0 aliphatic carbocycles. The second-order valence-corrected chi connectivity index (χ2v) is 10.8. The van der Waals surface area contributed by atoms with Crippen LogP contribution in [-0.4, -0.2) is 31.6 Å². The van der Waals surface area contributed by atoms with Crippen LogP contribution in [0.4, 0.5) is 5.69 Å². The van der Waals surface area contributed by atoms with Crippen molar-refractivity contribution < 1.29 is 14.3 Å². The van der Waals surface area contributed by atoms with Gasteiger partial charge in [-0.2, -0.15) is 0 Å². The van der Waals surface area contributed by atoms with Crippen molar-refractivity contribution in [2.75, 3.05) is 26.1 Å². The molecule has 1 aliphatic heterocycles. The van der Waals surface area contributed by atoms with Gasteiger partial charge in [0.1, 0.15) is 6.61 Å². The maximum Gasteiger partial charge on any atom is 0.271 e. The van der Waals surface area contributed by atoms with E-state index in [2.05, 4.69) is 4.99 Å². The molecular formula is C32H31N3O4S. The van der Waals surface area contributed by atoms with E-state index in [0.29, 0.717) is 38.7 Å². The molecule has 0 saturated carbocycles. The summed E-state index contributed by atoms with van der Waals surface area (Å²) in [6, 6.07) is 22.9. The molecule has 0 fully saturated rings. The van der Waals surface area contributed by atoms with Crippen LogP contribution in [0.3, 0.4) is 0 Å². The van der Waals surface area contributed by atoms with Crippen molar-refractivity contribution in [3.05, 3.63) is 120 Å². The number of rotatable bonds is 8. The molecule has 40 heavy (non-hydrogen) atoms. The van der Waals surface area contributed by atoms with Gasteiger partial charge in [0.25, 0.3) is 5.56 Å². The van der Waals surface area contributed by atoms with Crippen LogP contribution in [0.2, 0.25) is 0 Å². The largest absolute Gasteiger partial charge is 0.493 e. The summed E-state index contributed by atoms with van der Waals surface area (Å²) >= 11 is 1.31. The molecule has 4 aromatic rings. The van der Waals surface area contributed by atoms with Crippen LogP contribution in [0, 0.1) is 0 Å². The monoisotopic (exact) mass is 553 g/mol. The Kier molecular flexibility index (Phi) is 7.71. The molecule has 0 spiro atoms. The number of methoxy groups -OCH3 is 1. The number of fused-ring (bicyclic) bond motifs is 1. The lowest BCUT2D eigenvalue weighted by molar-refractivity contribution is -0.114. The van der Waals surface area contributed by atoms with Gasteiger partial charge in [-0.3, -0.25) is 14.2 Å². The maximum absolute atomic E-state index is 13.8. The zero-order valence-electron chi connectivity index (χ0n) is 23.2. The van der Waals surface area contributed by atoms with Crippen LogP contribution >= 0.6 is 11.3 Å². The topological polar surface area (TPSA) is 73.1 Å². The quantitative estimate of drug-likeness (QED) is 0.322. The molecule has 5 rings (SSSR count). The van der Waals surface area contributed by atoms with Crippen LogP contribution in [-0.2, 0) is 11.4 Å². The molecule has 2 heterocycles. The van der Waals surface area contributed by atoms with E-state index in [-0.39, 0.29) is 11.3 Å². The minimum atomic E-state index is -0.546. The number of ketones is 1. The zero-order chi connectivity index (χ0) is 28.4. The number of carbonyl (C=O) groups is 1. The molecule has 0 N–H and O–H groups in total. The summed E-state index contributed by atoms with van der Waals surface area (Å²) in [4.78, 5) is 33.8. The molecule has 1 aliphatic rings. The normalized spacial score (nSPS) is 14.9. The van der Waals surface area contributed by atoms with E-state index >= 15 is 0 Å². The van der Waals surface area contributed by atoms with Gasteiger partial charge in [0.2, 0.25) is 0 Å². The number of hydrogen-bond donors (Lipinski definition) is 0. The Morgan fingerprint density at radius 1 is 1.05 bits per heavy atom. The average molecular weight is 554 g/mol. The van der Waals surface area contributed by atoms with Crippen molar-refractivity contribution >= 4 is 28.9 Å². The van der Waals surface area contributed by atoms with E-state index in [0.717, 1.165) is 22.4 Å². The molecule has 1 aromatic heterocycles. The zero-order valence-corrected chi connectivity index (χ0v) is 24.0. The molecule has 8 heteroatoms. The lowest BCUT2D eigenvalue weighted by Crippen LogP contribution is -2.39. The van der Waals surface area contributed by atoms with E-state index in [4.69, 9.17) is 9.47 Å². The number of allylic oxidation sites excluding steroid dienone is 2. The Bertz CT molecular complexity index is 1770. The number of anilines is 1. The van der Waals surface area contributed by atoms with E-state index in [1.807, 2.05) is 105 Å². The first-order chi connectivity index (χ1) is 19.3. The Labute approximate surface area is 237 Å². The van der Waals surface area contributed by atoms with Gasteiger partial charge in [-0.15, -0.1) is 0 Å². The molecule has 0 radical (unpaired) electrons. The number of aromatic nitrogens is 1. The van der Waals surface area contributed by atoms with Gasteiger partial charge in [0.05, 0.1) is 17.7 Å². The first kappa shape index (κ1) is 27.1. The fourth-order valence-electron chi connectivity index (χ4n) is 4.82. The SMILES string of the molecule is COc1cc(/C=c2/sc3n(c2=O)[C@@H](c2ccc(N(C)C)cc2)C(C(C)=O)=C(C)N=3)ccc1OCc1ccccc1. The van der Waals surface area contributed by atoms with Gasteiger partial charge in [-0.05, 0) is 60.9 Å². The van der Waals surface area contributed by atoms with Crippen molar-refractivity contribution in [1.29, 1.82) is 0 Å². The van der Waals surface area contributed by atoms with Crippen molar-refractivity contribution in [2.24, 2.45) is 4.99 Å². The lowest BCUT2D eigenvalue weighted by Gasteiger charge is -2.25. The van der Waals surface area contributed by atoms with Gasteiger partial charge in [-0.25, -0.2) is 4.99 Å². The fourth-order valence-corrected chi connectivity index (χ4v) is 5.87. The van der Waals surface area contributed by atoms with Crippen LogP contribution in [0.25, 0.3) is 6.08 Å². The highest BCUT2D eigenvalue weighted by Crippen LogP contribution is 2.32. The third-order valence-electron chi connectivity index (χ3n) is 6.85. The number of hydrogen-bond acceptors (Lipinski definition) is 7. The predicted octanol–water partition coefficient (Wildman–Crippen LogP) is 4.48. The van der Waals surface area contributed by atoms with Gasteiger partial charge in [0, 0.05) is 31.1 Å². The summed E-state index contributed by atoms with van der Waals surface area (Å²) in [6.07, 6.45) is 1.83. The highest BCUT2D eigenvalue weighted by atomic mass is 32.1. The van der Waals surface area contributed by atoms with Crippen LogP contribution < -0.4 is 29.3 Å². The molecular weight excluding hydrogens is 522 g/mol. The van der Waals surface area contributed by atoms with E-state index < -0.39 is 6.04 Å². The predicted molar refractivity (Wildman–Crippen MR) is 159 cm³/mol.